The zero-order chi connectivity index (χ0) is 16.8. The molecule has 0 atom stereocenters. The quantitative estimate of drug-likeness (QED) is 0.502. The van der Waals surface area contributed by atoms with Crippen molar-refractivity contribution in [1.29, 1.82) is 5.26 Å². The van der Waals surface area contributed by atoms with Gasteiger partial charge in [0.1, 0.15) is 5.82 Å². The molecule has 1 aromatic heterocycles. The van der Waals surface area contributed by atoms with Gasteiger partial charge in [-0.3, -0.25) is 0 Å². The van der Waals surface area contributed by atoms with Crippen molar-refractivity contribution in [3.8, 4) is 17.8 Å². The number of nitrogens with zero attached hydrogens (tertiary/aromatic N) is 3. The minimum atomic E-state index is 0.166. The van der Waals surface area contributed by atoms with Gasteiger partial charge in [-0.15, -0.1) is 0 Å². The molecule has 0 saturated carbocycles. The van der Waals surface area contributed by atoms with Gasteiger partial charge in [-0.05, 0) is 12.8 Å². The van der Waals surface area contributed by atoms with Crippen molar-refractivity contribution >= 4 is 0 Å². The lowest BCUT2D eigenvalue weighted by atomic mass is 10.2. The average Bonchev–Trinajstić information content (AvgIpc) is 2.55. The summed E-state index contributed by atoms with van der Waals surface area (Å²) < 4.78 is 11.4. The summed E-state index contributed by atoms with van der Waals surface area (Å²) in [5.41, 5.74) is 0. The first-order valence-electron chi connectivity index (χ1n) is 8.80. The van der Waals surface area contributed by atoms with E-state index < -0.39 is 0 Å². The van der Waals surface area contributed by atoms with Gasteiger partial charge in [-0.2, -0.15) is 15.2 Å². The third-order valence-electron chi connectivity index (χ3n) is 3.46. The van der Waals surface area contributed by atoms with E-state index in [1.807, 2.05) is 0 Å². The molecule has 23 heavy (non-hydrogen) atoms. The SMILES string of the molecule is CCCCCCOc1cc(OCCCCCC)nc(CC#N)n1. The van der Waals surface area contributed by atoms with Gasteiger partial charge in [0.05, 0.1) is 31.8 Å². The third-order valence-corrected chi connectivity index (χ3v) is 3.46. The summed E-state index contributed by atoms with van der Waals surface area (Å²) in [6.07, 6.45) is 9.36. The van der Waals surface area contributed by atoms with Crippen molar-refractivity contribution in [3.63, 3.8) is 0 Å². The fraction of sp³-hybridized carbons (Fsp3) is 0.722. The number of aromatic nitrogens is 2. The van der Waals surface area contributed by atoms with E-state index in [0.717, 1.165) is 25.7 Å². The molecule has 1 rings (SSSR count). The van der Waals surface area contributed by atoms with Gasteiger partial charge < -0.3 is 9.47 Å². The second-order valence-electron chi connectivity index (χ2n) is 5.61. The Balaban J connectivity index is 2.50. The molecule has 0 radical (unpaired) electrons. The van der Waals surface area contributed by atoms with Crippen molar-refractivity contribution in [2.75, 3.05) is 13.2 Å². The average molecular weight is 319 g/mol. The van der Waals surface area contributed by atoms with Crippen LogP contribution in [0.1, 0.15) is 71.0 Å². The second-order valence-corrected chi connectivity index (χ2v) is 5.61. The standard InChI is InChI=1S/C18H29N3O2/c1-3-5-7-9-13-22-17-15-18(21-16(20-17)11-12-19)23-14-10-8-6-4-2/h15H,3-11,13-14H2,1-2H3. The van der Waals surface area contributed by atoms with Gasteiger partial charge in [0.2, 0.25) is 11.8 Å². The number of nitriles is 1. The van der Waals surface area contributed by atoms with Crippen LogP contribution < -0.4 is 9.47 Å². The van der Waals surface area contributed by atoms with E-state index in [4.69, 9.17) is 14.7 Å². The number of hydrogen-bond acceptors (Lipinski definition) is 5. The number of unbranched alkanes of at least 4 members (excludes halogenated alkanes) is 6. The minimum Gasteiger partial charge on any atom is -0.477 e. The molecule has 5 heteroatoms. The lowest BCUT2D eigenvalue weighted by Crippen LogP contribution is -2.06. The van der Waals surface area contributed by atoms with Crippen LogP contribution in [-0.4, -0.2) is 23.2 Å². The molecule has 0 aliphatic carbocycles. The third kappa shape index (κ3) is 9.02. The lowest BCUT2D eigenvalue weighted by Gasteiger charge is -2.09. The zero-order valence-electron chi connectivity index (χ0n) is 14.5. The summed E-state index contributed by atoms with van der Waals surface area (Å²) in [7, 11) is 0. The molecule has 0 N–H and O–H groups in total. The lowest BCUT2D eigenvalue weighted by molar-refractivity contribution is 0.273. The Kier molecular flexibility index (Phi) is 10.6. The molecule has 128 valence electrons. The van der Waals surface area contributed by atoms with Gasteiger partial charge in [-0.1, -0.05) is 52.4 Å². The molecule has 0 amide bonds. The van der Waals surface area contributed by atoms with E-state index in [1.54, 1.807) is 6.07 Å². The summed E-state index contributed by atoms with van der Waals surface area (Å²) in [5.74, 6) is 1.47. The van der Waals surface area contributed by atoms with Crippen LogP contribution in [0.25, 0.3) is 0 Å². The maximum absolute atomic E-state index is 8.84. The summed E-state index contributed by atoms with van der Waals surface area (Å²) in [6.45, 7) is 5.64. The Morgan fingerprint density at radius 2 is 1.39 bits per heavy atom. The zero-order valence-corrected chi connectivity index (χ0v) is 14.5. The van der Waals surface area contributed by atoms with Crippen LogP contribution in [0, 0.1) is 11.3 Å². The van der Waals surface area contributed by atoms with Crippen LogP contribution >= 0.6 is 0 Å². The van der Waals surface area contributed by atoms with Gasteiger partial charge in [0.15, 0.2) is 0 Å². The Hall–Kier alpha value is -1.83. The highest BCUT2D eigenvalue weighted by molar-refractivity contribution is 5.22. The summed E-state index contributed by atoms with van der Waals surface area (Å²) in [6, 6.07) is 3.79. The topological polar surface area (TPSA) is 68.0 Å². The molecule has 0 unspecified atom stereocenters. The molecular weight excluding hydrogens is 290 g/mol. The largest absolute Gasteiger partial charge is 0.477 e. The predicted molar refractivity (Wildman–Crippen MR) is 90.6 cm³/mol. The van der Waals surface area contributed by atoms with E-state index in [0.29, 0.717) is 30.8 Å². The van der Waals surface area contributed by atoms with Crippen LogP contribution in [0.2, 0.25) is 0 Å². The van der Waals surface area contributed by atoms with Crippen LogP contribution in [0.4, 0.5) is 0 Å². The van der Waals surface area contributed by atoms with Crippen LogP contribution in [0.5, 0.6) is 11.8 Å². The van der Waals surface area contributed by atoms with Gasteiger partial charge in [0, 0.05) is 0 Å². The van der Waals surface area contributed by atoms with Crippen molar-refractivity contribution in [2.45, 2.75) is 71.6 Å². The molecule has 0 bridgehead atoms. The molecular formula is C18H29N3O2. The normalized spacial score (nSPS) is 10.3. The van der Waals surface area contributed by atoms with Gasteiger partial charge in [-0.25, -0.2) is 0 Å². The monoisotopic (exact) mass is 319 g/mol. The summed E-state index contributed by atoms with van der Waals surface area (Å²) in [5, 5.41) is 8.84. The maximum Gasteiger partial charge on any atom is 0.220 e. The first kappa shape index (κ1) is 19.2. The Labute approximate surface area is 140 Å². The van der Waals surface area contributed by atoms with Crippen LogP contribution in [0.15, 0.2) is 6.07 Å². The van der Waals surface area contributed by atoms with Crippen molar-refractivity contribution in [2.24, 2.45) is 0 Å². The summed E-state index contributed by atoms with van der Waals surface area (Å²) in [4.78, 5) is 8.53. The molecule has 0 spiro atoms. The van der Waals surface area contributed by atoms with Crippen molar-refractivity contribution in [3.05, 3.63) is 11.9 Å². The van der Waals surface area contributed by atoms with Gasteiger partial charge >= 0.3 is 0 Å². The van der Waals surface area contributed by atoms with E-state index in [-0.39, 0.29) is 6.42 Å². The number of rotatable bonds is 13. The van der Waals surface area contributed by atoms with E-state index >= 15 is 0 Å². The molecule has 0 aliphatic rings. The molecule has 0 aliphatic heterocycles. The maximum atomic E-state index is 8.84. The number of ether oxygens (including phenoxy) is 2. The number of hydrogen-bond donors (Lipinski definition) is 0. The Bertz CT molecular complexity index is 440. The molecule has 5 nitrogen and oxygen atoms in total. The molecule has 0 saturated heterocycles. The fourth-order valence-electron chi connectivity index (χ4n) is 2.16. The highest BCUT2D eigenvalue weighted by atomic mass is 16.5. The first-order chi connectivity index (χ1) is 11.3. The fourth-order valence-corrected chi connectivity index (χ4v) is 2.16. The highest BCUT2D eigenvalue weighted by Crippen LogP contribution is 2.17. The first-order valence-corrected chi connectivity index (χ1v) is 8.80. The van der Waals surface area contributed by atoms with E-state index in [2.05, 4.69) is 29.9 Å². The predicted octanol–water partition coefficient (Wildman–Crippen LogP) is 4.46. The van der Waals surface area contributed by atoms with Crippen molar-refractivity contribution in [1.82, 2.24) is 9.97 Å². The van der Waals surface area contributed by atoms with E-state index in [1.165, 1.54) is 25.7 Å². The minimum absolute atomic E-state index is 0.166. The second kappa shape index (κ2) is 12.7. The molecule has 0 aromatic carbocycles. The van der Waals surface area contributed by atoms with Crippen molar-refractivity contribution < 1.29 is 9.47 Å². The molecule has 1 heterocycles. The Morgan fingerprint density at radius 3 is 1.83 bits per heavy atom. The highest BCUT2D eigenvalue weighted by Gasteiger charge is 2.07. The van der Waals surface area contributed by atoms with Crippen LogP contribution in [0.3, 0.4) is 0 Å². The van der Waals surface area contributed by atoms with E-state index in [9.17, 15) is 0 Å². The van der Waals surface area contributed by atoms with Crippen LogP contribution in [-0.2, 0) is 6.42 Å². The molecule has 0 fully saturated rings. The summed E-state index contributed by atoms with van der Waals surface area (Å²) >= 11 is 0. The Morgan fingerprint density at radius 1 is 0.870 bits per heavy atom. The van der Waals surface area contributed by atoms with Gasteiger partial charge in [0.25, 0.3) is 0 Å². The molecule has 1 aromatic rings. The smallest absolute Gasteiger partial charge is 0.220 e.